The third-order valence-electron chi connectivity index (χ3n) is 2.59. The minimum Gasteiger partial charge on any atom is -0.478 e. The Morgan fingerprint density at radius 1 is 1.56 bits per heavy atom. The van der Waals surface area contributed by atoms with Gasteiger partial charge in [-0.3, -0.25) is 0 Å². The first-order valence-electron chi connectivity index (χ1n) is 5.69. The van der Waals surface area contributed by atoms with Gasteiger partial charge < -0.3 is 10.2 Å². The van der Waals surface area contributed by atoms with E-state index in [0.29, 0.717) is 24.0 Å². The molecule has 0 aromatic heterocycles. The van der Waals surface area contributed by atoms with Crippen molar-refractivity contribution >= 4 is 12.0 Å². The maximum absolute atomic E-state index is 10.4. The Hall–Kier alpha value is -2.12. The Morgan fingerprint density at radius 2 is 2.28 bits per heavy atom. The van der Waals surface area contributed by atoms with Crippen LogP contribution in [-0.2, 0) is 11.2 Å². The molecule has 18 heavy (non-hydrogen) atoms. The predicted molar refractivity (Wildman–Crippen MR) is 67.8 cm³/mol. The molecule has 1 aromatic carbocycles. The summed E-state index contributed by atoms with van der Waals surface area (Å²) in [6.45, 7) is 1.89. The van der Waals surface area contributed by atoms with Crippen LogP contribution in [0.5, 0.6) is 0 Å². The van der Waals surface area contributed by atoms with Crippen molar-refractivity contribution in [2.24, 2.45) is 0 Å². The van der Waals surface area contributed by atoms with E-state index in [4.69, 9.17) is 10.4 Å². The van der Waals surface area contributed by atoms with Crippen LogP contribution in [0.15, 0.2) is 24.3 Å². The highest BCUT2D eigenvalue weighted by Gasteiger charge is 2.06. The van der Waals surface area contributed by atoms with E-state index in [9.17, 15) is 9.90 Å². The molecule has 0 aliphatic heterocycles. The lowest BCUT2D eigenvalue weighted by atomic mass is 10.00. The molecule has 1 aromatic rings. The van der Waals surface area contributed by atoms with Crippen molar-refractivity contribution in [3.63, 3.8) is 0 Å². The number of nitrogens with zero attached hydrogens (tertiary/aromatic N) is 1. The number of carbonyl (C=O) groups is 1. The Bertz CT molecular complexity index is 500. The van der Waals surface area contributed by atoms with Crippen molar-refractivity contribution < 1.29 is 15.0 Å². The summed E-state index contributed by atoms with van der Waals surface area (Å²) >= 11 is 0. The second kappa shape index (κ2) is 6.58. The number of benzene rings is 1. The van der Waals surface area contributed by atoms with Gasteiger partial charge in [0, 0.05) is 6.08 Å². The molecule has 0 amide bonds. The molecular weight excluding hydrogens is 230 g/mol. The molecule has 0 radical (unpaired) electrons. The van der Waals surface area contributed by atoms with Crippen LogP contribution in [0.4, 0.5) is 0 Å². The zero-order chi connectivity index (χ0) is 13.5. The summed E-state index contributed by atoms with van der Waals surface area (Å²) in [5.74, 6) is -1.05. The lowest BCUT2D eigenvalue weighted by molar-refractivity contribution is -0.131. The second-order valence-electron chi connectivity index (χ2n) is 3.97. The number of carboxylic acid groups (broad SMARTS) is 1. The topological polar surface area (TPSA) is 81.3 Å². The van der Waals surface area contributed by atoms with Gasteiger partial charge in [-0.25, -0.2) is 4.79 Å². The number of nitriles is 1. The van der Waals surface area contributed by atoms with Crippen LogP contribution in [-0.4, -0.2) is 22.3 Å². The zero-order valence-electron chi connectivity index (χ0n) is 10.1. The number of hydrogen-bond acceptors (Lipinski definition) is 3. The SMILES string of the molecule is CCC(O)Cc1ccc(C=CC(=O)O)c(C#N)c1. The first-order valence-corrected chi connectivity index (χ1v) is 5.69. The van der Waals surface area contributed by atoms with Crippen LogP contribution in [0.1, 0.15) is 30.0 Å². The van der Waals surface area contributed by atoms with Crippen LogP contribution < -0.4 is 0 Å². The smallest absolute Gasteiger partial charge is 0.328 e. The fourth-order valence-corrected chi connectivity index (χ4v) is 1.55. The van der Waals surface area contributed by atoms with Crippen LogP contribution in [0.3, 0.4) is 0 Å². The van der Waals surface area contributed by atoms with Gasteiger partial charge in [0.05, 0.1) is 17.7 Å². The minimum atomic E-state index is -1.05. The molecule has 94 valence electrons. The van der Waals surface area contributed by atoms with E-state index in [-0.39, 0.29) is 0 Å². The highest BCUT2D eigenvalue weighted by atomic mass is 16.4. The summed E-state index contributed by atoms with van der Waals surface area (Å²) < 4.78 is 0. The molecule has 1 rings (SSSR count). The van der Waals surface area contributed by atoms with Gasteiger partial charge in [-0.1, -0.05) is 19.1 Å². The number of aliphatic hydroxyl groups excluding tert-OH is 1. The fraction of sp³-hybridized carbons (Fsp3) is 0.286. The Labute approximate surface area is 106 Å². The van der Waals surface area contributed by atoms with Gasteiger partial charge >= 0.3 is 5.97 Å². The van der Waals surface area contributed by atoms with Crippen molar-refractivity contribution in [2.45, 2.75) is 25.9 Å². The summed E-state index contributed by atoms with van der Waals surface area (Å²) in [6, 6.07) is 7.19. The Morgan fingerprint density at radius 3 is 2.83 bits per heavy atom. The van der Waals surface area contributed by atoms with Crippen molar-refractivity contribution in [2.75, 3.05) is 0 Å². The quantitative estimate of drug-likeness (QED) is 0.777. The Kier molecular flexibility index (Phi) is 5.09. The average molecular weight is 245 g/mol. The van der Waals surface area contributed by atoms with Gasteiger partial charge in [0.15, 0.2) is 0 Å². The predicted octanol–water partition coefficient (Wildman–Crippen LogP) is 1.97. The highest BCUT2D eigenvalue weighted by molar-refractivity contribution is 5.85. The summed E-state index contributed by atoms with van der Waals surface area (Å²) in [7, 11) is 0. The van der Waals surface area contributed by atoms with Crippen molar-refractivity contribution in [1.29, 1.82) is 5.26 Å². The average Bonchev–Trinajstić information content (AvgIpc) is 2.36. The summed E-state index contributed by atoms with van der Waals surface area (Å²) in [4.78, 5) is 10.4. The number of aliphatic hydroxyl groups is 1. The number of hydrogen-bond donors (Lipinski definition) is 2. The van der Waals surface area contributed by atoms with Gasteiger partial charge in [-0.05, 0) is 36.1 Å². The molecular formula is C14H15NO3. The molecule has 4 heteroatoms. The van der Waals surface area contributed by atoms with E-state index < -0.39 is 12.1 Å². The lowest BCUT2D eigenvalue weighted by Gasteiger charge is -2.08. The summed E-state index contributed by atoms with van der Waals surface area (Å²) in [5.41, 5.74) is 1.84. The normalized spacial score (nSPS) is 12.3. The number of aliphatic carboxylic acids is 1. The van der Waals surface area contributed by atoms with Gasteiger partial charge in [-0.15, -0.1) is 0 Å². The maximum atomic E-state index is 10.4. The number of carboxylic acids is 1. The molecule has 1 atom stereocenters. The zero-order valence-corrected chi connectivity index (χ0v) is 10.1. The lowest BCUT2D eigenvalue weighted by Crippen LogP contribution is -2.08. The van der Waals surface area contributed by atoms with Crippen molar-refractivity contribution in [3.8, 4) is 6.07 Å². The standard InChI is InChI=1S/C14H15NO3/c1-2-13(16)8-10-3-4-11(5-6-14(17)18)12(7-10)9-15/h3-7,13,16H,2,8H2,1H3,(H,17,18). The molecule has 0 saturated heterocycles. The van der Waals surface area contributed by atoms with E-state index in [1.165, 1.54) is 6.08 Å². The van der Waals surface area contributed by atoms with Crippen molar-refractivity contribution in [3.05, 3.63) is 41.0 Å². The van der Waals surface area contributed by atoms with E-state index >= 15 is 0 Å². The van der Waals surface area contributed by atoms with E-state index in [1.807, 2.05) is 13.0 Å². The highest BCUT2D eigenvalue weighted by Crippen LogP contribution is 2.15. The first kappa shape index (κ1) is 13.9. The molecule has 2 N–H and O–H groups in total. The molecule has 0 aliphatic carbocycles. The monoisotopic (exact) mass is 245 g/mol. The molecule has 0 fully saturated rings. The molecule has 4 nitrogen and oxygen atoms in total. The van der Waals surface area contributed by atoms with Crippen LogP contribution in [0.2, 0.25) is 0 Å². The fourth-order valence-electron chi connectivity index (χ4n) is 1.55. The van der Waals surface area contributed by atoms with Gasteiger partial charge in [0.1, 0.15) is 0 Å². The van der Waals surface area contributed by atoms with Gasteiger partial charge in [0.25, 0.3) is 0 Å². The Balaban J connectivity index is 2.97. The third kappa shape index (κ3) is 4.04. The largest absolute Gasteiger partial charge is 0.478 e. The molecule has 0 bridgehead atoms. The molecule has 0 heterocycles. The molecule has 0 saturated carbocycles. The van der Waals surface area contributed by atoms with E-state index in [2.05, 4.69) is 0 Å². The van der Waals surface area contributed by atoms with Gasteiger partial charge in [0.2, 0.25) is 0 Å². The van der Waals surface area contributed by atoms with Crippen LogP contribution in [0.25, 0.3) is 6.08 Å². The van der Waals surface area contributed by atoms with E-state index in [0.717, 1.165) is 11.6 Å². The molecule has 1 unspecified atom stereocenters. The minimum absolute atomic E-state index is 0.410. The maximum Gasteiger partial charge on any atom is 0.328 e. The first-order chi connectivity index (χ1) is 8.56. The third-order valence-corrected chi connectivity index (χ3v) is 2.59. The van der Waals surface area contributed by atoms with Crippen LogP contribution >= 0.6 is 0 Å². The van der Waals surface area contributed by atoms with Crippen LogP contribution in [0, 0.1) is 11.3 Å². The number of rotatable bonds is 5. The van der Waals surface area contributed by atoms with Crippen molar-refractivity contribution in [1.82, 2.24) is 0 Å². The summed E-state index contributed by atoms with van der Waals surface area (Å²) in [6.07, 6.45) is 3.12. The molecule has 0 aliphatic rings. The second-order valence-corrected chi connectivity index (χ2v) is 3.97. The summed E-state index contributed by atoms with van der Waals surface area (Å²) in [5, 5.41) is 27.1. The van der Waals surface area contributed by atoms with E-state index in [1.54, 1.807) is 18.2 Å². The molecule has 0 spiro atoms. The van der Waals surface area contributed by atoms with Gasteiger partial charge in [-0.2, -0.15) is 5.26 Å².